The van der Waals surface area contributed by atoms with Crippen LogP contribution in [0.25, 0.3) is 0 Å². The maximum Gasteiger partial charge on any atom is 0.230 e. The quantitative estimate of drug-likeness (QED) is 0.606. The summed E-state index contributed by atoms with van der Waals surface area (Å²) in [6.07, 6.45) is 11.7. The van der Waals surface area contributed by atoms with Crippen LogP contribution in [-0.2, 0) is 15.0 Å². The Kier molecular flexibility index (Phi) is 8.14. The average molecular weight is 399 g/mol. The fourth-order valence-electron chi connectivity index (χ4n) is 5.07. The minimum absolute atomic E-state index is 0.137. The molecule has 4 heteroatoms. The predicted octanol–water partition coefficient (Wildman–Crippen LogP) is 4.82. The molecule has 1 heterocycles. The molecule has 0 atom stereocenters. The summed E-state index contributed by atoms with van der Waals surface area (Å²) in [6, 6.07) is 10.2. The van der Waals surface area contributed by atoms with Gasteiger partial charge in [-0.1, -0.05) is 75.8 Å². The van der Waals surface area contributed by atoms with Crippen LogP contribution in [-0.4, -0.2) is 36.3 Å². The number of carbonyl (C=O) groups excluding carboxylic acids is 2. The van der Waals surface area contributed by atoms with Gasteiger partial charge in [0.15, 0.2) is 0 Å². The molecule has 160 valence electrons. The van der Waals surface area contributed by atoms with Crippen molar-refractivity contribution in [3.63, 3.8) is 0 Å². The molecule has 1 saturated heterocycles. The zero-order valence-electron chi connectivity index (χ0n) is 18.1. The van der Waals surface area contributed by atoms with Crippen molar-refractivity contribution >= 4 is 11.8 Å². The van der Waals surface area contributed by atoms with Crippen LogP contribution in [0, 0.1) is 5.92 Å². The zero-order chi connectivity index (χ0) is 20.5. The Balaban J connectivity index is 1.60. The molecule has 0 aromatic heterocycles. The standard InChI is InChI=1S/C25H38N2O2/c1-2-3-9-18-26-24(29)25(22-12-5-4-6-13-22)16-19-27(20-17-25)23(28)15-14-21-10-7-8-11-21/h4-6,12-13,21H,2-3,7-11,14-20H2,1H3,(H,26,29). The molecule has 0 radical (unpaired) electrons. The number of unbranched alkanes of at least 4 members (excludes halogenated alkanes) is 2. The predicted molar refractivity (Wildman–Crippen MR) is 118 cm³/mol. The fourth-order valence-corrected chi connectivity index (χ4v) is 5.07. The highest BCUT2D eigenvalue weighted by Gasteiger charge is 2.43. The van der Waals surface area contributed by atoms with E-state index in [9.17, 15) is 9.59 Å². The molecule has 1 saturated carbocycles. The van der Waals surface area contributed by atoms with Gasteiger partial charge in [0.05, 0.1) is 5.41 Å². The van der Waals surface area contributed by atoms with Crippen molar-refractivity contribution in [3.8, 4) is 0 Å². The third kappa shape index (κ3) is 5.61. The van der Waals surface area contributed by atoms with E-state index in [0.29, 0.717) is 32.4 Å². The molecule has 3 rings (SSSR count). The van der Waals surface area contributed by atoms with Crippen LogP contribution >= 0.6 is 0 Å². The Morgan fingerprint density at radius 2 is 1.76 bits per heavy atom. The van der Waals surface area contributed by atoms with Crippen molar-refractivity contribution < 1.29 is 9.59 Å². The van der Waals surface area contributed by atoms with E-state index in [0.717, 1.165) is 43.7 Å². The lowest BCUT2D eigenvalue weighted by Gasteiger charge is -2.41. The molecule has 0 unspecified atom stereocenters. The molecule has 1 aliphatic heterocycles. The second kappa shape index (κ2) is 10.8. The number of rotatable bonds is 9. The summed E-state index contributed by atoms with van der Waals surface area (Å²) in [4.78, 5) is 28.0. The molecule has 2 amide bonds. The van der Waals surface area contributed by atoms with Gasteiger partial charge in [0.2, 0.25) is 11.8 Å². The van der Waals surface area contributed by atoms with Gasteiger partial charge in [0.25, 0.3) is 0 Å². The van der Waals surface area contributed by atoms with Crippen LogP contribution in [0.3, 0.4) is 0 Å². The molecule has 0 spiro atoms. The smallest absolute Gasteiger partial charge is 0.230 e. The molecule has 1 aromatic carbocycles. The van der Waals surface area contributed by atoms with Crippen LogP contribution in [0.5, 0.6) is 0 Å². The topological polar surface area (TPSA) is 49.4 Å². The Morgan fingerprint density at radius 3 is 2.41 bits per heavy atom. The van der Waals surface area contributed by atoms with Crippen molar-refractivity contribution in [2.45, 2.75) is 83.0 Å². The maximum absolute atomic E-state index is 13.2. The number of hydrogen-bond acceptors (Lipinski definition) is 2. The molecular weight excluding hydrogens is 360 g/mol. The van der Waals surface area contributed by atoms with E-state index >= 15 is 0 Å². The number of nitrogens with zero attached hydrogens (tertiary/aromatic N) is 1. The zero-order valence-corrected chi connectivity index (χ0v) is 18.1. The Bertz CT molecular complexity index is 644. The first-order valence-electron chi connectivity index (χ1n) is 11.8. The SMILES string of the molecule is CCCCCNC(=O)C1(c2ccccc2)CCN(C(=O)CCC2CCCC2)CC1. The van der Waals surface area contributed by atoms with Crippen molar-refractivity contribution in [1.29, 1.82) is 0 Å². The van der Waals surface area contributed by atoms with E-state index in [1.54, 1.807) is 0 Å². The number of benzene rings is 1. The van der Waals surface area contributed by atoms with E-state index in [-0.39, 0.29) is 11.8 Å². The molecule has 1 N–H and O–H groups in total. The van der Waals surface area contributed by atoms with Crippen LogP contribution in [0.4, 0.5) is 0 Å². The van der Waals surface area contributed by atoms with Gasteiger partial charge in [0.1, 0.15) is 0 Å². The normalized spacial score (nSPS) is 19.3. The van der Waals surface area contributed by atoms with E-state index in [2.05, 4.69) is 24.4 Å². The van der Waals surface area contributed by atoms with Crippen molar-refractivity contribution in [2.24, 2.45) is 5.92 Å². The maximum atomic E-state index is 13.2. The Morgan fingerprint density at radius 1 is 1.07 bits per heavy atom. The highest BCUT2D eigenvalue weighted by molar-refractivity contribution is 5.89. The Hall–Kier alpha value is -1.84. The van der Waals surface area contributed by atoms with Gasteiger partial charge in [0, 0.05) is 26.1 Å². The summed E-state index contributed by atoms with van der Waals surface area (Å²) >= 11 is 0. The first-order chi connectivity index (χ1) is 14.2. The Labute approximate surface area is 176 Å². The number of hydrogen-bond donors (Lipinski definition) is 1. The van der Waals surface area contributed by atoms with E-state index in [4.69, 9.17) is 0 Å². The van der Waals surface area contributed by atoms with E-state index in [1.165, 1.54) is 25.7 Å². The molecule has 2 aliphatic rings. The highest BCUT2D eigenvalue weighted by Crippen LogP contribution is 2.36. The summed E-state index contributed by atoms with van der Waals surface area (Å²) in [5.74, 6) is 1.17. The largest absolute Gasteiger partial charge is 0.355 e. The van der Waals surface area contributed by atoms with Crippen molar-refractivity contribution in [3.05, 3.63) is 35.9 Å². The number of likely N-dealkylation sites (tertiary alicyclic amines) is 1. The lowest BCUT2D eigenvalue weighted by molar-refractivity contribution is -0.137. The van der Waals surface area contributed by atoms with Crippen LogP contribution in [0.2, 0.25) is 0 Å². The summed E-state index contributed by atoms with van der Waals surface area (Å²) < 4.78 is 0. The summed E-state index contributed by atoms with van der Waals surface area (Å²) in [6.45, 7) is 4.28. The number of nitrogens with one attached hydrogen (secondary N) is 1. The van der Waals surface area contributed by atoms with Gasteiger partial charge in [-0.2, -0.15) is 0 Å². The van der Waals surface area contributed by atoms with Gasteiger partial charge < -0.3 is 10.2 Å². The molecular formula is C25H38N2O2. The molecule has 2 fully saturated rings. The minimum Gasteiger partial charge on any atom is -0.355 e. The third-order valence-corrected chi connectivity index (χ3v) is 7.04. The molecule has 4 nitrogen and oxygen atoms in total. The second-order valence-electron chi connectivity index (χ2n) is 8.98. The van der Waals surface area contributed by atoms with Crippen molar-refractivity contribution in [2.75, 3.05) is 19.6 Å². The highest BCUT2D eigenvalue weighted by atomic mass is 16.2. The number of carbonyl (C=O) groups is 2. The van der Waals surface area contributed by atoms with Gasteiger partial charge in [-0.25, -0.2) is 0 Å². The van der Waals surface area contributed by atoms with E-state index in [1.807, 2.05) is 23.1 Å². The van der Waals surface area contributed by atoms with Crippen LogP contribution < -0.4 is 5.32 Å². The first-order valence-corrected chi connectivity index (χ1v) is 11.8. The van der Waals surface area contributed by atoms with Crippen LogP contribution in [0.15, 0.2) is 30.3 Å². The second-order valence-corrected chi connectivity index (χ2v) is 8.98. The number of amides is 2. The molecule has 1 aromatic rings. The van der Waals surface area contributed by atoms with Gasteiger partial charge in [-0.05, 0) is 37.2 Å². The number of piperidine rings is 1. The molecule has 0 bridgehead atoms. The summed E-state index contributed by atoms with van der Waals surface area (Å²) in [5.41, 5.74) is 0.585. The first kappa shape index (κ1) is 21.9. The average Bonchev–Trinajstić information content (AvgIpc) is 3.29. The lowest BCUT2D eigenvalue weighted by atomic mass is 9.72. The van der Waals surface area contributed by atoms with Crippen LogP contribution in [0.1, 0.15) is 83.1 Å². The van der Waals surface area contributed by atoms with E-state index < -0.39 is 5.41 Å². The summed E-state index contributed by atoms with van der Waals surface area (Å²) in [7, 11) is 0. The summed E-state index contributed by atoms with van der Waals surface area (Å²) in [5, 5.41) is 3.19. The third-order valence-electron chi connectivity index (χ3n) is 7.04. The fraction of sp³-hybridized carbons (Fsp3) is 0.680. The lowest BCUT2D eigenvalue weighted by Crippen LogP contribution is -2.53. The van der Waals surface area contributed by atoms with Gasteiger partial charge >= 0.3 is 0 Å². The molecule has 1 aliphatic carbocycles. The molecule has 29 heavy (non-hydrogen) atoms. The van der Waals surface area contributed by atoms with Crippen molar-refractivity contribution in [1.82, 2.24) is 10.2 Å². The monoisotopic (exact) mass is 398 g/mol. The minimum atomic E-state index is -0.504. The van der Waals surface area contributed by atoms with Gasteiger partial charge in [-0.15, -0.1) is 0 Å². The van der Waals surface area contributed by atoms with Gasteiger partial charge in [-0.3, -0.25) is 9.59 Å².